The standard InChI is InChI=1S/C24H29N5O2/c1-7-29-20-14-17(3)16(2)13-19(20)27(5)21-24(29,22(30)28(6)23(31)25-21)26(4)15-18-11-9-8-10-12-18/h8-14H,7,15H2,1-6H3. The largest absolute Gasteiger partial charge is 0.351 e. The molecule has 0 saturated carbocycles. The summed E-state index contributed by atoms with van der Waals surface area (Å²) in [5.74, 6) is 0.148. The number of amides is 3. The Morgan fingerprint density at radius 1 is 0.968 bits per heavy atom. The Kier molecular flexibility index (Phi) is 5.09. The van der Waals surface area contributed by atoms with Gasteiger partial charge in [0.2, 0.25) is 5.66 Å². The molecule has 0 spiro atoms. The van der Waals surface area contributed by atoms with Crippen molar-refractivity contribution in [2.75, 3.05) is 37.5 Å². The monoisotopic (exact) mass is 419 g/mol. The fraction of sp³-hybridized carbons (Fsp3) is 0.375. The van der Waals surface area contributed by atoms with E-state index in [1.54, 1.807) is 0 Å². The fourth-order valence-electron chi connectivity index (χ4n) is 4.67. The summed E-state index contributed by atoms with van der Waals surface area (Å²) in [7, 11) is 5.32. The van der Waals surface area contributed by atoms with E-state index in [1.165, 1.54) is 7.05 Å². The maximum Gasteiger partial charge on any atom is 0.351 e. The average Bonchev–Trinajstić information content (AvgIpc) is 2.75. The van der Waals surface area contributed by atoms with Gasteiger partial charge in [-0.2, -0.15) is 4.99 Å². The van der Waals surface area contributed by atoms with Crippen molar-refractivity contribution in [3.05, 3.63) is 59.2 Å². The molecular weight excluding hydrogens is 390 g/mol. The molecule has 7 heteroatoms. The molecule has 2 aromatic rings. The normalized spacial score (nSPS) is 20.7. The molecule has 0 aromatic heterocycles. The highest BCUT2D eigenvalue weighted by atomic mass is 16.2. The summed E-state index contributed by atoms with van der Waals surface area (Å²) in [4.78, 5) is 38.1. The minimum absolute atomic E-state index is 0.293. The molecular formula is C24H29N5O2. The summed E-state index contributed by atoms with van der Waals surface area (Å²) in [6.07, 6.45) is 0. The smallest absolute Gasteiger partial charge is 0.337 e. The van der Waals surface area contributed by atoms with E-state index < -0.39 is 11.7 Å². The Bertz CT molecular complexity index is 1080. The van der Waals surface area contributed by atoms with Gasteiger partial charge in [0, 0.05) is 27.2 Å². The Labute approximate surface area is 183 Å². The number of amidine groups is 1. The van der Waals surface area contributed by atoms with Crippen LogP contribution < -0.4 is 9.80 Å². The molecule has 4 rings (SSSR count). The maximum absolute atomic E-state index is 13.9. The lowest BCUT2D eigenvalue weighted by Crippen LogP contribution is -2.78. The number of hydrogen-bond donors (Lipinski definition) is 0. The second kappa shape index (κ2) is 7.50. The number of aliphatic imine (C=N–C) groups is 1. The molecule has 0 aliphatic carbocycles. The number of likely N-dealkylation sites (N-methyl/N-ethyl adjacent to an activating group) is 4. The van der Waals surface area contributed by atoms with Crippen molar-refractivity contribution < 1.29 is 9.59 Å². The summed E-state index contributed by atoms with van der Waals surface area (Å²) >= 11 is 0. The Balaban J connectivity index is 1.98. The molecule has 7 nitrogen and oxygen atoms in total. The highest BCUT2D eigenvalue weighted by molar-refractivity contribution is 6.30. The molecule has 31 heavy (non-hydrogen) atoms. The molecule has 0 fully saturated rings. The van der Waals surface area contributed by atoms with Gasteiger partial charge in [-0.1, -0.05) is 30.3 Å². The van der Waals surface area contributed by atoms with Crippen molar-refractivity contribution in [2.24, 2.45) is 4.99 Å². The zero-order valence-electron chi connectivity index (χ0n) is 19.0. The van der Waals surface area contributed by atoms with Crippen molar-refractivity contribution in [3.63, 3.8) is 0 Å². The summed E-state index contributed by atoms with van der Waals surface area (Å²) < 4.78 is 0. The Hall–Kier alpha value is -3.19. The third-order valence-corrected chi connectivity index (χ3v) is 6.49. The van der Waals surface area contributed by atoms with Gasteiger partial charge in [-0.25, -0.2) is 4.79 Å². The van der Waals surface area contributed by atoms with Crippen LogP contribution in [0, 0.1) is 13.8 Å². The van der Waals surface area contributed by atoms with E-state index in [0.29, 0.717) is 18.9 Å². The Morgan fingerprint density at radius 2 is 1.58 bits per heavy atom. The predicted molar refractivity (Wildman–Crippen MR) is 124 cm³/mol. The molecule has 0 N–H and O–H groups in total. The average molecular weight is 420 g/mol. The fourth-order valence-corrected chi connectivity index (χ4v) is 4.67. The van der Waals surface area contributed by atoms with Crippen LogP contribution in [0.1, 0.15) is 23.6 Å². The van der Waals surface area contributed by atoms with Crippen molar-refractivity contribution in [3.8, 4) is 0 Å². The second-order valence-electron chi connectivity index (χ2n) is 8.32. The van der Waals surface area contributed by atoms with Crippen LogP contribution in [0.2, 0.25) is 0 Å². The first-order valence-electron chi connectivity index (χ1n) is 10.5. The highest BCUT2D eigenvalue weighted by Gasteiger charge is 2.60. The number of anilines is 2. The third kappa shape index (κ3) is 2.95. The molecule has 2 aliphatic heterocycles. The van der Waals surface area contributed by atoms with Crippen molar-refractivity contribution in [2.45, 2.75) is 33.0 Å². The lowest BCUT2D eigenvalue weighted by molar-refractivity contribution is -0.136. The zero-order chi connectivity index (χ0) is 22.5. The van der Waals surface area contributed by atoms with E-state index in [9.17, 15) is 9.59 Å². The number of benzene rings is 2. The predicted octanol–water partition coefficient (Wildman–Crippen LogP) is 3.40. The van der Waals surface area contributed by atoms with Gasteiger partial charge in [0.25, 0.3) is 5.91 Å². The number of carbonyl (C=O) groups is 2. The van der Waals surface area contributed by atoms with Crippen LogP contribution in [0.4, 0.5) is 16.2 Å². The van der Waals surface area contributed by atoms with Crippen LogP contribution in [0.15, 0.2) is 47.5 Å². The minimum Gasteiger partial charge on any atom is -0.337 e. The highest BCUT2D eigenvalue weighted by Crippen LogP contribution is 2.45. The number of carbonyl (C=O) groups excluding carboxylic acids is 2. The molecule has 2 aromatic carbocycles. The number of urea groups is 1. The number of hydrogen-bond acceptors (Lipinski definition) is 5. The van der Waals surface area contributed by atoms with Crippen LogP contribution in [0.25, 0.3) is 0 Å². The third-order valence-electron chi connectivity index (χ3n) is 6.49. The van der Waals surface area contributed by atoms with Gasteiger partial charge >= 0.3 is 6.03 Å². The first-order chi connectivity index (χ1) is 14.7. The minimum atomic E-state index is -1.23. The number of imide groups is 1. The number of rotatable bonds is 4. The summed E-state index contributed by atoms with van der Waals surface area (Å²) in [5.41, 5.74) is 4.06. The van der Waals surface area contributed by atoms with Gasteiger partial charge in [-0.3, -0.25) is 14.6 Å². The molecule has 2 heterocycles. The topological polar surface area (TPSA) is 59.5 Å². The summed E-state index contributed by atoms with van der Waals surface area (Å²) in [5, 5.41) is 0. The van der Waals surface area contributed by atoms with Gasteiger partial charge in [-0.05, 0) is 56.6 Å². The quantitative estimate of drug-likeness (QED) is 0.760. The first-order valence-corrected chi connectivity index (χ1v) is 10.5. The molecule has 3 amide bonds. The number of nitrogens with zero attached hydrogens (tertiary/aromatic N) is 5. The summed E-state index contributed by atoms with van der Waals surface area (Å²) in [6.45, 7) is 7.28. The van der Waals surface area contributed by atoms with Gasteiger partial charge in [0.1, 0.15) is 0 Å². The van der Waals surface area contributed by atoms with Gasteiger partial charge in [0.15, 0.2) is 5.84 Å². The van der Waals surface area contributed by atoms with Crippen LogP contribution in [0.5, 0.6) is 0 Å². The van der Waals surface area contributed by atoms with E-state index in [0.717, 1.165) is 33.0 Å². The SMILES string of the molecule is CCN1c2cc(C)c(C)cc2N(C)C2=NC(=O)N(C)C(=O)C21N(C)Cc1ccccc1. The van der Waals surface area contributed by atoms with Gasteiger partial charge in [-0.15, -0.1) is 0 Å². The Morgan fingerprint density at radius 3 is 2.19 bits per heavy atom. The van der Waals surface area contributed by atoms with Gasteiger partial charge < -0.3 is 9.80 Å². The molecule has 1 unspecified atom stereocenters. The molecule has 2 aliphatic rings. The van der Waals surface area contributed by atoms with Crippen molar-refractivity contribution >= 4 is 29.1 Å². The molecule has 0 saturated heterocycles. The van der Waals surface area contributed by atoms with Crippen LogP contribution in [-0.4, -0.2) is 60.9 Å². The van der Waals surface area contributed by atoms with E-state index >= 15 is 0 Å². The second-order valence-corrected chi connectivity index (χ2v) is 8.32. The van der Waals surface area contributed by atoms with Crippen LogP contribution in [0.3, 0.4) is 0 Å². The lowest BCUT2D eigenvalue weighted by atomic mass is 9.92. The molecule has 1 atom stereocenters. The van der Waals surface area contributed by atoms with E-state index in [-0.39, 0.29) is 5.91 Å². The molecule has 0 bridgehead atoms. The summed E-state index contributed by atoms with van der Waals surface area (Å²) in [6, 6.07) is 13.7. The zero-order valence-corrected chi connectivity index (χ0v) is 19.0. The van der Waals surface area contributed by atoms with Crippen LogP contribution in [-0.2, 0) is 11.3 Å². The first kappa shape index (κ1) is 21.1. The van der Waals surface area contributed by atoms with E-state index in [4.69, 9.17) is 0 Å². The molecule has 162 valence electrons. The maximum atomic E-state index is 13.9. The number of aryl methyl sites for hydroxylation is 2. The van der Waals surface area contributed by atoms with Crippen molar-refractivity contribution in [1.82, 2.24) is 9.80 Å². The lowest BCUT2D eigenvalue weighted by Gasteiger charge is -2.56. The van der Waals surface area contributed by atoms with E-state index in [1.807, 2.05) is 61.2 Å². The van der Waals surface area contributed by atoms with E-state index in [2.05, 4.69) is 35.9 Å². The number of fused-ring (bicyclic) bond motifs is 2. The van der Waals surface area contributed by atoms with Gasteiger partial charge in [0.05, 0.1) is 11.4 Å². The van der Waals surface area contributed by atoms with Crippen molar-refractivity contribution in [1.29, 1.82) is 0 Å². The van der Waals surface area contributed by atoms with Crippen LogP contribution >= 0.6 is 0 Å². The molecule has 0 radical (unpaired) electrons.